The van der Waals surface area contributed by atoms with Crippen LogP contribution < -0.4 is 5.73 Å². The molecule has 2 aromatic rings. The molecule has 0 unspecified atom stereocenters. The molecule has 20 heavy (non-hydrogen) atoms. The van der Waals surface area contributed by atoms with E-state index in [2.05, 4.69) is 30.6 Å². The monoisotopic (exact) mass is 339 g/mol. The Kier molecular flexibility index (Phi) is 3.99. The average Bonchev–Trinajstić information content (AvgIpc) is 2.40. The zero-order valence-corrected chi connectivity index (χ0v) is 12.4. The lowest BCUT2D eigenvalue weighted by Crippen LogP contribution is -2.12. The molecular weight excluding hydrogens is 329 g/mol. The van der Waals surface area contributed by atoms with Crippen molar-refractivity contribution < 1.29 is 13.9 Å². The first kappa shape index (κ1) is 14.4. The zero-order valence-electron chi connectivity index (χ0n) is 10.8. The van der Waals surface area contributed by atoms with Crippen molar-refractivity contribution in [3.05, 3.63) is 39.7 Å². The minimum absolute atomic E-state index is 0.0276. The highest BCUT2D eigenvalue weighted by molar-refractivity contribution is 9.10. The first-order chi connectivity index (χ1) is 9.43. The molecule has 1 aromatic carbocycles. The van der Waals surface area contributed by atoms with Gasteiger partial charge in [-0.25, -0.2) is 19.2 Å². The normalized spacial score (nSPS) is 10.4. The van der Waals surface area contributed by atoms with Gasteiger partial charge in [0.25, 0.3) is 0 Å². The maximum Gasteiger partial charge on any atom is 0.343 e. The van der Waals surface area contributed by atoms with E-state index in [1.165, 1.54) is 19.2 Å². The molecule has 0 aliphatic carbocycles. The summed E-state index contributed by atoms with van der Waals surface area (Å²) < 4.78 is 18.1. The van der Waals surface area contributed by atoms with Crippen LogP contribution in [-0.2, 0) is 4.74 Å². The van der Waals surface area contributed by atoms with Gasteiger partial charge >= 0.3 is 5.97 Å². The number of methoxy groups -OCH3 is 1. The number of aryl methyl sites for hydroxylation is 1. The van der Waals surface area contributed by atoms with E-state index >= 15 is 0 Å². The van der Waals surface area contributed by atoms with E-state index in [0.717, 1.165) is 0 Å². The van der Waals surface area contributed by atoms with Crippen LogP contribution in [0, 0.1) is 12.7 Å². The van der Waals surface area contributed by atoms with Gasteiger partial charge in [-0.1, -0.05) is 0 Å². The second-order valence-corrected chi connectivity index (χ2v) is 4.87. The summed E-state index contributed by atoms with van der Waals surface area (Å²) in [6.07, 6.45) is 0. The number of hydrogen-bond acceptors (Lipinski definition) is 5. The predicted molar refractivity (Wildman–Crippen MR) is 75.6 cm³/mol. The van der Waals surface area contributed by atoms with E-state index < -0.39 is 5.97 Å². The molecule has 5 nitrogen and oxygen atoms in total. The van der Waals surface area contributed by atoms with Crippen molar-refractivity contribution in [1.82, 2.24) is 9.97 Å². The number of nitrogen functional groups attached to an aromatic ring is 1. The Morgan fingerprint density at radius 1 is 1.40 bits per heavy atom. The number of benzene rings is 1. The first-order valence-electron chi connectivity index (χ1n) is 5.62. The summed E-state index contributed by atoms with van der Waals surface area (Å²) in [4.78, 5) is 19.8. The van der Waals surface area contributed by atoms with Gasteiger partial charge in [0.15, 0.2) is 5.82 Å². The molecule has 1 heterocycles. The molecule has 0 saturated carbocycles. The van der Waals surface area contributed by atoms with Crippen molar-refractivity contribution >= 4 is 27.7 Å². The smallest absolute Gasteiger partial charge is 0.343 e. The van der Waals surface area contributed by atoms with E-state index in [1.807, 2.05) is 0 Å². The van der Waals surface area contributed by atoms with Gasteiger partial charge in [-0.15, -0.1) is 0 Å². The molecule has 0 bridgehead atoms. The Hall–Kier alpha value is -2.02. The summed E-state index contributed by atoms with van der Waals surface area (Å²) in [7, 11) is 1.26. The molecule has 0 aliphatic heterocycles. The summed E-state index contributed by atoms with van der Waals surface area (Å²) in [5.74, 6) is -0.635. The Balaban J connectivity index is 2.54. The van der Waals surface area contributed by atoms with Crippen LogP contribution >= 0.6 is 15.9 Å². The SMILES string of the molecule is COC(=O)c1c(C)nc(-c2ccc(F)c(Br)c2)nc1N. The molecule has 7 heteroatoms. The molecule has 0 saturated heterocycles. The van der Waals surface area contributed by atoms with Gasteiger partial charge in [0.1, 0.15) is 17.2 Å². The van der Waals surface area contributed by atoms with Gasteiger partial charge in [-0.3, -0.25) is 0 Å². The number of carbonyl (C=O) groups is 1. The average molecular weight is 340 g/mol. The number of anilines is 1. The molecule has 104 valence electrons. The third-order valence-electron chi connectivity index (χ3n) is 2.69. The molecule has 0 atom stereocenters. The maximum absolute atomic E-state index is 13.2. The highest BCUT2D eigenvalue weighted by Gasteiger charge is 2.18. The van der Waals surface area contributed by atoms with E-state index in [1.54, 1.807) is 13.0 Å². The lowest BCUT2D eigenvalue weighted by molar-refractivity contribution is 0.0600. The second-order valence-electron chi connectivity index (χ2n) is 4.01. The number of esters is 1. The van der Waals surface area contributed by atoms with Crippen molar-refractivity contribution in [1.29, 1.82) is 0 Å². The Labute approximate surface area is 123 Å². The number of aromatic nitrogens is 2. The molecular formula is C13H11BrFN3O2. The van der Waals surface area contributed by atoms with E-state index in [9.17, 15) is 9.18 Å². The lowest BCUT2D eigenvalue weighted by atomic mass is 10.1. The molecule has 2 N–H and O–H groups in total. The number of halogens is 2. The first-order valence-corrected chi connectivity index (χ1v) is 6.41. The fourth-order valence-electron chi connectivity index (χ4n) is 1.71. The highest BCUT2D eigenvalue weighted by Crippen LogP contribution is 2.25. The third kappa shape index (κ3) is 2.62. The lowest BCUT2D eigenvalue weighted by Gasteiger charge is -2.09. The van der Waals surface area contributed by atoms with Crippen molar-refractivity contribution in [3.8, 4) is 11.4 Å². The molecule has 0 radical (unpaired) electrons. The van der Waals surface area contributed by atoms with Gasteiger partial charge in [-0.2, -0.15) is 0 Å². The van der Waals surface area contributed by atoms with Crippen LogP contribution in [0.4, 0.5) is 10.2 Å². The van der Waals surface area contributed by atoms with Crippen LogP contribution in [0.3, 0.4) is 0 Å². The Bertz CT molecular complexity index is 668. The third-order valence-corrected chi connectivity index (χ3v) is 3.29. The molecule has 0 aliphatic rings. The van der Waals surface area contributed by atoms with Crippen molar-refractivity contribution in [2.24, 2.45) is 0 Å². The zero-order chi connectivity index (χ0) is 14.9. The topological polar surface area (TPSA) is 78.1 Å². The quantitative estimate of drug-likeness (QED) is 0.851. The van der Waals surface area contributed by atoms with Gasteiger partial charge < -0.3 is 10.5 Å². The number of nitrogens with two attached hydrogens (primary N) is 1. The largest absolute Gasteiger partial charge is 0.465 e. The second kappa shape index (κ2) is 5.54. The maximum atomic E-state index is 13.2. The van der Waals surface area contributed by atoms with Crippen molar-refractivity contribution in [3.63, 3.8) is 0 Å². The van der Waals surface area contributed by atoms with Gasteiger partial charge in [0, 0.05) is 5.56 Å². The number of ether oxygens (including phenoxy) is 1. The van der Waals surface area contributed by atoms with Crippen LogP contribution in [0.1, 0.15) is 16.1 Å². The standard InChI is InChI=1S/C13H11BrFN3O2/c1-6-10(13(19)20-2)11(16)18-12(17-6)7-3-4-9(15)8(14)5-7/h3-5H,1-2H3,(H2,16,17,18). The van der Waals surface area contributed by atoms with Crippen LogP contribution in [0.15, 0.2) is 22.7 Å². The number of rotatable bonds is 2. The predicted octanol–water partition coefficient (Wildman–Crippen LogP) is 2.72. The fourth-order valence-corrected chi connectivity index (χ4v) is 2.09. The molecule has 0 amide bonds. The summed E-state index contributed by atoms with van der Waals surface area (Å²) in [6.45, 7) is 1.63. The van der Waals surface area contributed by atoms with Crippen LogP contribution in [0.2, 0.25) is 0 Å². The van der Waals surface area contributed by atoms with Gasteiger partial charge in [0.05, 0.1) is 17.3 Å². The molecule has 1 aromatic heterocycles. The minimum atomic E-state index is -0.591. The number of nitrogens with zero attached hydrogens (tertiary/aromatic N) is 2. The van der Waals surface area contributed by atoms with E-state index in [4.69, 9.17) is 5.73 Å². The fraction of sp³-hybridized carbons (Fsp3) is 0.154. The summed E-state index contributed by atoms with van der Waals surface area (Å²) >= 11 is 3.09. The number of carbonyl (C=O) groups excluding carboxylic acids is 1. The van der Waals surface area contributed by atoms with Crippen molar-refractivity contribution in [2.75, 3.05) is 12.8 Å². The van der Waals surface area contributed by atoms with Crippen LogP contribution in [0.25, 0.3) is 11.4 Å². The Morgan fingerprint density at radius 2 is 2.10 bits per heavy atom. The van der Waals surface area contributed by atoms with Crippen LogP contribution in [0.5, 0.6) is 0 Å². The van der Waals surface area contributed by atoms with Gasteiger partial charge in [-0.05, 0) is 41.1 Å². The van der Waals surface area contributed by atoms with Gasteiger partial charge in [0.2, 0.25) is 0 Å². The molecule has 2 rings (SSSR count). The molecule has 0 fully saturated rings. The number of hydrogen-bond donors (Lipinski definition) is 1. The summed E-state index contributed by atoms with van der Waals surface area (Å²) in [5, 5.41) is 0. The minimum Gasteiger partial charge on any atom is -0.465 e. The highest BCUT2D eigenvalue weighted by atomic mass is 79.9. The summed E-state index contributed by atoms with van der Waals surface area (Å²) in [6, 6.07) is 4.37. The summed E-state index contributed by atoms with van der Waals surface area (Å²) in [5.41, 5.74) is 6.89. The molecule has 0 spiro atoms. The van der Waals surface area contributed by atoms with E-state index in [-0.39, 0.29) is 17.2 Å². The van der Waals surface area contributed by atoms with Crippen LogP contribution in [-0.4, -0.2) is 23.0 Å². The Morgan fingerprint density at radius 3 is 2.65 bits per heavy atom. The van der Waals surface area contributed by atoms with E-state index in [0.29, 0.717) is 21.6 Å². The van der Waals surface area contributed by atoms with Crippen molar-refractivity contribution in [2.45, 2.75) is 6.92 Å².